The number of amides is 1. The molecule has 1 aromatic heterocycles. The molecule has 0 radical (unpaired) electrons. The van der Waals surface area contributed by atoms with Crippen molar-refractivity contribution >= 4 is 33.8 Å². The number of halogens is 4. The number of aryl methyl sites for hydroxylation is 1. The van der Waals surface area contributed by atoms with E-state index in [1.54, 1.807) is 6.07 Å². The van der Waals surface area contributed by atoms with Crippen LogP contribution in [-0.2, 0) is 21.0 Å². The summed E-state index contributed by atoms with van der Waals surface area (Å²) in [7, 11) is -4.05. The molecule has 3 aromatic rings. The Morgan fingerprint density at radius 1 is 1.11 bits per heavy atom. The Balaban J connectivity index is 1.44. The predicted molar refractivity (Wildman–Crippen MR) is 128 cm³/mol. The van der Waals surface area contributed by atoms with Gasteiger partial charge in [0, 0.05) is 30.3 Å². The van der Waals surface area contributed by atoms with Gasteiger partial charge in [0.25, 0.3) is 0 Å². The number of aromatic nitrogens is 1. The van der Waals surface area contributed by atoms with E-state index in [0.29, 0.717) is 0 Å². The van der Waals surface area contributed by atoms with E-state index < -0.39 is 39.4 Å². The lowest BCUT2D eigenvalue weighted by molar-refractivity contribution is -0.137. The number of hydrogen-bond donors (Lipinski definition) is 1. The van der Waals surface area contributed by atoms with E-state index in [1.807, 2.05) is 0 Å². The summed E-state index contributed by atoms with van der Waals surface area (Å²) in [6, 6.07) is 10.3. The molecule has 1 fully saturated rings. The Kier molecular flexibility index (Phi) is 7.51. The lowest BCUT2D eigenvalue weighted by Crippen LogP contribution is -2.41. The van der Waals surface area contributed by atoms with E-state index in [0.717, 1.165) is 12.1 Å². The number of nitrogens with one attached hydrogen (secondary N) is 1. The first kappa shape index (κ1) is 26.6. The van der Waals surface area contributed by atoms with Crippen molar-refractivity contribution in [1.82, 2.24) is 9.46 Å². The van der Waals surface area contributed by atoms with Crippen molar-refractivity contribution in [2.24, 2.45) is 5.92 Å². The number of nitrogens with zero attached hydrogens (tertiary/aromatic N) is 2. The number of alkyl halides is 3. The third-order valence-corrected chi connectivity index (χ3v) is 8.09. The normalized spacial score (nSPS) is 15.8. The highest BCUT2D eigenvalue weighted by atomic mass is 32.2. The zero-order valence-electron chi connectivity index (χ0n) is 19.6. The van der Waals surface area contributed by atoms with Gasteiger partial charge in [-0.1, -0.05) is 29.4 Å². The van der Waals surface area contributed by atoms with Gasteiger partial charge in [0.15, 0.2) is 10.7 Å². The molecule has 37 heavy (non-hydrogen) atoms. The molecule has 4 rings (SSSR count). The fraction of sp³-hybridized carbons (Fsp3) is 0.280. The van der Waals surface area contributed by atoms with Gasteiger partial charge < -0.3 is 9.84 Å². The second-order valence-electron chi connectivity index (χ2n) is 8.56. The predicted octanol–water partition coefficient (Wildman–Crippen LogP) is 5.35. The largest absolute Gasteiger partial charge is 0.416 e. The molecule has 2 aromatic carbocycles. The average molecular weight is 538 g/mol. The summed E-state index contributed by atoms with van der Waals surface area (Å²) < 4.78 is 85.9. The van der Waals surface area contributed by atoms with Gasteiger partial charge in [-0.15, -0.1) is 0 Å². The molecule has 1 amide bonds. The molecular weight excluding hydrogens is 514 g/mol. The van der Waals surface area contributed by atoms with Gasteiger partial charge in [0.2, 0.25) is 15.9 Å². The molecule has 1 aliphatic heterocycles. The van der Waals surface area contributed by atoms with Gasteiger partial charge >= 0.3 is 6.18 Å². The Bertz CT molecular complexity index is 1430. The van der Waals surface area contributed by atoms with Crippen LogP contribution in [0.1, 0.15) is 35.4 Å². The van der Waals surface area contributed by atoms with Crippen molar-refractivity contribution in [3.8, 4) is 0 Å². The summed E-state index contributed by atoms with van der Waals surface area (Å²) in [5, 5.41) is 6.25. The first-order valence-electron chi connectivity index (χ1n) is 11.3. The van der Waals surface area contributed by atoms with Crippen LogP contribution in [-0.4, -0.2) is 36.9 Å². The van der Waals surface area contributed by atoms with E-state index in [2.05, 4.69) is 10.5 Å². The lowest BCUT2D eigenvalue weighted by atomic mass is 9.97. The third-order valence-electron chi connectivity index (χ3n) is 6.03. The zero-order valence-corrected chi connectivity index (χ0v) is 20.4. The van der Waals surface area contributed by atoms with Crippen LogP contribution in [0.5, 0.6) is 0 Å². The molecule has 1 aliphatic rings. The van der Waals surface area contributed by atoms with Crippen molar-refractivity contribution in [2.45, 2.75) is 30.8 Å². The smallest absolute Gasteiger partial charge is 0.355 e. The number of hydrogen-bond acceptors (Lipinski definition) is 5. The molecule has 1 saturated heterocycles. The van der Waals surface area contributed by atoms with E-state index in [9.17, 15) is 30.8 Å². The van der Waals surface area contributed by atoms with Crippen molar-refractivity contribution in [3.05, 3.63) is 76.9 Å². The fourth-order valence-corrected chi connectivity index (χ4v) is 5.80. The Labute approximate surface area is 210 Å². The number of piperidine rings is 1. The number of rotatable bonds is 6. The summed E-state index contributed by atoms with van der Waals surface area (Å²) in [6.45, 7) is 1.51. The van der Waals surface area contributed by atoms with Gasteiger partial charge in [-0.3, -0.25) is 4.79 Å². The Morgan fingerprint density at radius 2 is 1.81 bits per heavy atom. The maximum atomic E-state index is 13.9. The fourth-order valence-electron chi connectivity index (χ4n) is 4.08. The number of anilines is 1. The number of benzene rings is 2. The quantitative estimate of drug-likeness (QED) is 0.428. The van der Waals surface area contributed by atoms with E-state index in [1.165, 1.54) is 53.7 Å². The monoisotopic (exact) mass is 537 g/mol. The second-order valence-corrected chi connectivity index (χ2v) is 10.4. The van der Waals surface area contributed by atoms with Crippen LogP contribution in [0.25, 0.3) is 12.2 Å². The molecule has 0 aliphatic carbocycles. The van der Waals surface area contributed by atoms with Crippen LogP contribution in [0.4, 0.5) is 23.2 Å². The van der Waals surface area contributed by atoms with Gasteiger partial charge in [-0.2, -0.15) is 17.5 Å². The number of carbonyl (C=O) groups excluding carboxylic acids is 1. The zero-order chi connectivity index (χ0) is 26.8. The molecule has 0 spiro atoms. The maximum Gasteiger partial charge on any atom is 0.416 e. The lowest BCUT2D eigenvalue weighted by Gasteiger charge is -2.30. The minimum Gasteiger partial charge on any atom is -0.355 e. The minimum atomic E-state index is -4.54. The average Bonchev–Trinajstić information content (AvgIpc) is 3.24. The Hall–Kier alpha value is -3.51. The number of carbonyl (C=O) groups is 1. The van der Waals surface area contributed by atoms with Crippen molar-refractivity contribution in [3.63, 3.8) is 0 Å². The first-order valence-corrected chi connectivity index (χ1v) is 12.8. The topological polar surface area (TPSA) is 92.5 Å². The van der Waals surface area contributed by atoms with Crippen LogP contribution in [0, 0.1) is 18.7 Å². The summed E-state index contributed by atoms with van der Waals surface area (Å²) >= 11 is 0. The van der Waals surface area contributed by atoms with Crippen molar-refractivity contribution < 1.29 is 35.3 Å². The highest BCUT2D eigenvalue weighted by Gasteiger charge is 2.36. The van der Waals surface area contributed by atoms with E-state index in [4.69, 9.17) is 4.52 Å². The van der Waals surface area contributed by atoms with Crippen LogP contribution in [0.2, 0.25) is 0 Å². The number of sulfonamides is 1. The van der Waals surface area contributed by atoms with Crippen LogP contribution in [0.3, 0.4) is 0 Å². The second kappa shape index (κ2) is 10.5. The van der Waals surface area contributed by atoms with E-state index in [-0.39, 0.29) is 53.5 Å². The highest BCUT2D eigenvalue weighted by Crippen LogP contribution is 2.32. The third kappa shape index (κ3) is 5.91. The SMILES string of the molecule is Cc1noc(/C=C/c2ccccc2F)c1S(=O)(=O)N1CCC(C(=O)Nc2cccc(C(F)(F)F)c2)CC1. The van der Waals surface area contributed by atoms with E-state index >= 15 is 0 Å². The molecule has 0 unspecified atom stereocenters. The van der Waals surface area contributed by atoms with Crippen LogP contribution >= 0.6 is 0 Å². The molecule has 2 heterocycles. The van der Waals surface area contributed by atoms with Crippen LogP contribution < -0.4 is 5.32 Å². The molecule has 196 valence electrons. The summed E-state index contributed by atoms with van der Waals surface area (Å²) in [5.41, 5.74) is -0.485. The molecule has 0 bridgehead atoms. The van der Waals surface area contributed by atoms with Crippen molar-refractivity contribution in [2.75, 3.05) is 18.4 Å². The standard InChI is InChI=1S/C25H23F4N3O4S/c1-16-23(22(36-31-16)10-9-17-5-2-3-8-21(17)26)37(34,35)32-13-11-18(12-14-32)24(33)30-20-7-4-6-19(15-20)25(27,28)29/h2-10,15,18H,11-14H2,1H3,(H,30,33)/b10-9+. The van der Waals surface area contributed by atoms with Crippen LogP contribution in [0.15, 0.2) is 57.9 Å². The molecular formula is C25H23F4N3O4S. The summed E-state index contributed by atoms with van der Waals surface area (Å²) in [5.74, 6) is -1.59. The van der Waals surface area contributed by atoms with Crippen molar-refractivity contribution in [1.29, 1.82) is 0 Å². The first-order chi connectivity index (χ1) is 17.5. The van der Waals surface area contributed by atoms with Gasteiger partial charge in [0.1, 0.15) is 11.5 Å². The molecule has 0 saturated carbocycles. The summed E-state index contributed by atoms with van der Waals surface area (Å²) in [4.78, 5) is 12.5. The summed E-state index contributed by atoms with van der Waals surface area (Å²) in [6.07, 6.45) is -1.47. The maximum absolute atomic E-state index is 13.9. The Morgan fingerprint density at radius 3 is 2.49 bits per heavy atom. The van der Waals surface area contributed by atoms with Gasteiger partial charge in [-0.05, 0) is 56.2 Å². The minimum absolute atomic E-state index is 0.0151. The van der Waals surface area contributed by atoms with Gasteiger partial charge in [-0.25, -0.2) is 12.8 Å². The van der Waals surface area contributed by atoms with Gasteiger partial charge in [0.05, 0.1) is 5.56 Å². The molecule has 0 atom stereocenters. The molecule has 12 heteroatoms. The molecule has 1 N–H and O–H groups in total. The highest BCUT2D eigenvalue weighted by molar-refractivity contribution is 7.89. The molecule has 7 nitrogen and oxygen atoms in total.